The minimum atomic E-state index is 0.686. The van der Waals surface area contributed by atoms with Crippen molar-refractivity contribution in [2.75, 3.05) is 0 Å². The van der Waals surface area contributed by atoms with E-state index >= 15 is 0 Å². The van der Waals surface area contributed by atoms with E-state index in [0.29, 0.717) is 5.89 Å². The maximum absolute atomic E-state index is 5.28. The Morgan fingerprint density at radius 1 is 1.55 bits per heavy atom. The molecule has 1 aromatic rings. The molecule has 1 rings (SSSR count). The van der Waals surface area contributed by atoms with Crippen molar-refractivity contribution < 1.29 is 4.42 Å². The Balaban J connectivity index is 3.47. The monoisotopic (exact) mass is 149 g/mol. The van der Waals surface area contributed by atoms with E-state index in [4.69, 9.17) is 4.42 Å². The summed E-state index contributed by atoms with van der Waals surface area (Å²) in [6.45, 7) is 7.34. The van der Waals surface area contributed by atoms with Gasteiger partial charge in [0.25, 0.3) is 0 Å². The summed E-state index contributed by atoms with van der Waals surface area (Å²) in [6, 6.07) is 0. The van der Waals surface area contributed by atoms with Crippen LogP contribution in [0.15, 0.2) is 17.1 Å². The molecule has 0 aliphatic carbocycles. The Morgan fingerprint density at radius 2 is 2.27 bits per heavy atom. The minimum absolute atomic E-state index is 0.686. The van der Waals surface area contributed by atoms with Crippen molar-refractivity contribution in [2.45, 2.75) is 13.8 Å². The summed E-state index contributed by atoms with van der Waals surface area (Å²) in [5, 5.41) is 0.877. The first-order valence-corrected chi connectivity index (χ1v) is 3.50. The van der Waals surface area contributed by atoms with Gasteiger partial charge in [-0.25, -0.2) is 4.98 Å². The number of hydrogen-bond donors (Lipinski definition) is 0. The fourth-order valence-electron chi connectivity index (χ4n) is 0.892. The van der Waals surface area contributed by atoms with Gasteiger partial charge in [0.2, 0.25) is 0 Å². The molecule has 2 nitrogen and oxygen atoms in total. The maximum Gasteiger partial charge on any atom is 0.192 e. The fraction of sp³-hybridized carbons (Fsp3) is 0.222. The van der Waals surface area contributed by atoms with Crippen molar-refractivity contribution in [1.82, 2.24) is 4.98 Å². The van der Waals surface area contributed by atoms with Crippen LogP contribution in [0.3, 0.4) is 0 Å². The molecule has 0 spiro atoms. The Kier molecular flexibility index (Phi) is 2.26. The van der Waals surface area contributed by atoms with Gasteiger partial charge in [0.15, 0.2) is 11.3 Å². The normalized spacial score (nSPS) is 14.0. The molecule has 0 aliphatic heterocycles. The van der Waals surface area contributed by atoms with Gasteiger partial charge in [-0.15, -0.1) is 0 Å². The summed E-state index contributed by atoms with van der Waals surface area (Å²) >= 11 is 0. The first-order valence-electron chi connectivity index (χ1n) is 3.50. The molecule has 0 aliphatic rings. The van der Waals surface area contributed by atoms with Crippen LogP contribution in [0.5, 0.6) is 0 Å². The number of oxazole rings is 1. The van der Waals surface area contributed by atoms with E-state index in [9.17, 15) is 0 Å². The largest absolute Gasteiger partial charge is 0.441 e. The Bertz CT molecular complexity index is 359. The second-order valence-electron chi connectivity index (χ2n) is 2.17. The number of aromatic nitrogens is 1. The molecule has 0 unspecified atom stereocenters. The van der Waals surface area contributed by atoms with Gasteiger partial charge in [-0.3, -0.25) is 0 Å². The van der Waals surface area contributed by atoms with Gasteiger partial charge in [0.1, 0.15) is 5.35 Å². The van der Waals surface area contributed by atoms with Crippen LogP contribution in [0.25, 0.3) is 12.2 Å². The van der Waals surface area contributed by atoms with Gasteiger partial charge in [-0.05, 0) is 13.0 Å². The van der Waals surface area contributed by atoms with Crippen molar-refractivity contribution in [3.63, 3.8) is 0 Å². The van der Waals surface area contributed by atoms with Crippen molar-refractivity contribution in [3.05, 3.63) is 29.3 Å². The van der Waals surface area contributed by atoms with E-state index in [-0.39, 0.29) is 0 Å². The first kappa shape index (κ1) is 7.79. The topological polar surface area (TPSA) is 26.0 Å². The van der Waals surface area contributed by atoms with E-state index in [1.807, 2.05) is 19.9 Å². The number of nitrogens with zero attached hydrogens (tertiary/aromatic N) is 1. The fourth-order valence-corrected chi connectivity index (χ4v) is 0.892. The Labute approximate surface area is 65.6 Å². The first-order chi connectivity index (χ1) is 5.27. The van der Waals surface area contributed by atoms with Crippen molar-refractivity contribution in [2.24, 2.45) is 0 Å². The highest BCUT2D eigenvalue weighted by atomic mass is 16.3. The van der Waals surface area contributed by atoms with Crippen LogP contribution in [-0.2, 0) is 0 Å². The van der Waals surface area contributed by atoms with Crippen LogP contribution >= 0.6 is 0 Å². The molecular formula is C9H11NO. The highest BCUT2D eigenvalue weighted by Crippen LogP contribution is 1.79. The molecule has 0 aromatic carbocycles. The van der Waals surface area contributed by atoms with Gasteiger partial charge in [0, 0.05) is 6.92 Å². The highest BCUT2D eigenvalue weighted by Gasteiger charge is 1.91. The lowest BCUT2D eigenvalue weighted by Crippen LogP contribution is -2.20. The summed E-state index contributed by atoms with van der Waals surface area (Å²) in [6.07, 6.45) is 5.40. The second-order valence-corrected chi connectivity index (χ2v) is 2.17. The number of hydrogen-bond acceptors (Lipinski definition) is 2. The summed E-state index contributed by atoms with van der Waals surface area (Å²) in [5.41, 5.74) is 0.778. The van der Waals surface area contributed by atoms with Gasteiger partial charge in [-0.1, -0.05) is 18.7 Å². The average molecular weight is 149 g/mol. The third-order valence-electron chi connectivity index (χ3n) is 1.33. The maximum atomic E-state index is 5.28. The third-order valence-corrected chi connectivity index (χ3v) is 1.33. The van der Waals surface area contributed by atoms with Crippen LogP contribution in [0.1, 0.15) is 12.8 Å². The molecule has 0 atom stereocenters. The molecule has 0 saturated heterocycles. The van der Waals surface area contributed by atoms with Crippen molar-refractivity contribution >= 4 is 12.2 Å². The van der Waals surface area contributed by atoms with Crippen molar-refractivity contribution in [1.29, 1.82) is 0 Å². The zero-order chi connectivity index (χ0) is 8.27. The molecule has 0 N–H and O–H groups in total. The van der Waals surface area contributed by atoms with E-state index in [0.717, 1.165) is 10.8 Å². The number of rotatable bonds is 1. The SMILES string of the molecule is C=C/C=c1/oc(C)n/c1=C/C. The molecule has 0 bridgehead atoms. The third kappa shape index (κ3) is 1.58. The van der Waals surface area contributed by atoms with Gasteiger partial charge in [-0.2, -0.15) is 0 Å². The van der Waals surface area contributed by atoms with E-state index in [1.54, 1.807) is 12.2 Å². The number of aryl methyl sites for hydroxylation is 1. The molecule has 0 amide bonds. The molecule has 0 radical (unpaired) electrons. The standard InChI is InChI=1S/C9H11NO/c1-4-6-9-8(5-2)10-7(3)11-9/h4-6H,1H2,2-3H3/b8-5+,9-6+. The van der Waals surface area contributed by atoms with Crippen LogP contribution in [0.2, 0.25) is 0 Å². The predicted octanol–water partition coefficient (Wildman–Crippen LogP) is 0.750. The van der Waals surface area contributed by atoms with Crippen LogP contribution in [0.4, 0.5) is 0 Å². The molecule has 1 aromatic heterocycles. The lowest BCUT2D eigenvalue weighted by Gasteiger charge is -1.72. The summed E-state index contributed by atoms with van der Waals surface area (Å²) in [4.78, 5) is 4.15. The van der Waals surface area contributed by atoms with E-state index < -0.39 is 0 Å². The molecule has 58 valence electrons. The van der Waals surface area contributed by atoms with Crippen LogP contribution < -0.4 is 10.8 Å². The summed E-state index contributed by atoms with van der Waals surface area (Å²) in [5.74, 6) is 0.686. The molecule has 0 saturated carbocycles. The molecule has 11 heavy (non-hydrogen) atoms. The van der Waals surface area contributed by atoms with E-state index in [2.05, 4.69) is 11.6 Å². The molecular weight excluding hydrogens is 138 g/mol. The molecule has 2 heteroatoms. The smallest absolute Gasteiger partial charge is 0.192 e. The van der Waals surface area contributed by atoms with Crippen LogP contribution in [-0.4, -0.2) is 4.98 Å². The lowest BCUT2D eigenvalue weighted by atomic mass is 10.4. The zero-order valence-electron chi connectivity index (χ0n) is 6.79. The summed E-state index contributed by atoms with van der Waals surface area (Å²) < 4.78 is 5.28. The van der Waals surface area contributed by atoms with Gasteiger partial charge >= 0.3 is 0 Å². The quantitative estimate of drug-likeness (QED) is 0.589. The number of allylic oxidation sites excluding steroid dienone is 1. The zero-order valence-corrected chi connectivity index (χ0v) is 6.79. The Morgan fingerprint density at radius 3 is 2.82 bits per heavy atom. The van der Waals surface area contributed by atoms with Crippen molar-refractivity contribution in [3.8, 4) is 0 Å². The van der Waals surface area contributed by atoms with Crippen LogP contribution in [0, 0.1) is 6.92 Å². The van der Waals surface area contributed by atoms with Gasteiger partial charge in [0.05, 0.1) is 0 Å². The minimum Gasteiger partial charge on any atom is -0.441 e. The highest BCUT2D eigenvalue weighted by molar-refractivity contribution is 5.32. The second kappa shape index (κ2) is 3.19. The molecule has 0 fully saturated rings. The summed E-state index contributed by atoms with van der Waals surface area (Å²) in [7, 11) is 0. The van der Waals surface area contributed by atoms with E-state index in [1.165, 1.54) is 0 Å². The average Bonchev–Trinajstić information content (AvgIpc) is 2.32. The van der Waals surface area contributed by atoms with Gasteiger partial charge < -0.3 is 4.42 Å². The Hall–Kier alpha value is -1.31. The molecule has 1 heterocycles. The predicted molar refractivity (Wildman–Crippen MR) is 45.3 cm³/mol. The lowest BCUT2D eigenvalue weighted by molar-refractivity contribution is 0.492.